The van der Waals surface area contributed by atoms with Crippen LogP contribution in [0.3, 0.4) is 0 Å². The number of piperazine rings is 1. The molecule has 0 aliphatic carbocycles. The van der Waals surface area contributed by atoms with E-state index in [0.29, 0.717) is 31.9 Å². The van der Waals surface area contributed by atoms with Gasteiger partial charge in [0.15, 0.2) is 0 Å². The van der Waals surface area contributed by atoms with Gasteiger partial charge in [0.2, 0.25) is 11.8 Å². The first-order valence-corrected chi connectivity index (χ1v) is 7.26. The Balaban J connectivity index is 0.00000288. The van der Waals surface area contributed by atoms with E-state index in [1.807, 2.05) is 4.90 Å². The number of rotatable bonds is 5. The third kappa shape index (κ3) is 4.80. The van der Waals surface area contributed by atoms with E-state index in [1.54, 1.807) is 23.1 Å². The van der Waals surface area contributed by atoms with Gasteiger partial charge in [-0.2, -0.15) is 0 Å². The summed E-state index contributed by atoms with van der Waals surface area (Å²) >= 11 is 0. The molecule has 1 aliphatic heterocycles. The molecule has 0 aromatic heterocycles. The Morgan fingerprint density at radius 3 is 2.42 bits per heavy atom. The van der Waals surface area contributed by atoms with Crippen LogP contribution in [0.15, 0.2) is 24.3 Å². The van der Waals surface area contributed by atoms with Crippen molar-refractivity contribution in [2.75, 3.05) is 44.2 Å². The molecule has 3 N–H and O–H groups in total. The van der Waals surface area contributed by atoms with Crippen molar-refractivity contribution in [3.05, 3.63) is 34.4 Å². The third-order valence-corrected chi connectivity index (χ3v) is 3.67. The fourth-order valence-corrected chi connectivity index (χ4v) is 2.44. The molecule has 0 saturated carbocycles. The van der Waals surface area contributed by atoms with Gasteiger partial charge in [-0.15, -0.1) is 12.4 Å². The number of halogens is 1. The molecule has 0 spiro atoms. The van der Waals surface area contributed by atoms with Crippen LogP contribution < -0.4 is 16.0 Å². The first kappa shape index (κ1) is 19.7. The molecule has 10 heteroatoms. The number of hydrogen-bond acceptors (Lipinski definition) is 6. The van der Waals surface area contributed by atoms with Crippen LogP contribution in [0.1, 0.15) is 0 Å². The van der Waals surface area contributed by atoms with E-state index >= 15 is 0 Å². The lowest BCUT2D eigenvalue weighted by molar-refractivity contribution is -0.384. The SMILES string of the molecule is Cl.NCC(=O)NCC(=O)N1CCN(c2ccccc2[N+](=O)[O-])CC1. The van der Waals surface area contributed by atoms with E-state index in [0.717, 1.165) is 0 Å². The average molecular weight is 358 g/mol. The molecule has 1 saturated heterocycles. The zero-order valence-corrected chi connectivity index (χ0v) is 13.8. The molecule has 132 valence electrons. The Bertz CT molecular complexity index is 605. The number of benzene rings is 1. The minimum Gasteiger partial charge on any atom is -0.362 e. The van der Waals surface area contributed by atoms with Crippen LogP contribution in [0, 0.1) is 10.1 Å². The van der Waals surface area contributed by atoms with Crippen LogP contribution in [0.25, 0.3) is 0 Å². The van der Waals surface area contributed by atoms with Crippen molar-refractivity contribution in [1.82, 2.24) is 10.2 Å². The van der Waals surface area contributed by atoms with Gasteiger partial charge in [-0.1, -0.05) is 12.1 Å². The lowest BCUT2D eigenvalue weighted by Gasteiger charge is -2.35. The van der Waals surface area contributed by atoms with Crippen molar-refractivity contribution in [1.29, 1.82) is 0 Å². The molecule has 0 unspecified atom stereocenters. The standard InChI is InChI=1S/C14H19N5O4.ClH/c15-9-13(20)16-10-14(21)18-7-5-17(6-8-18)11-3-1-2-4-12(11)19(22)23;/h1-4H,5-10,15H2,(H,16,20);1H. The Morgan fingerprint density at radius 1 is 1.21 bits per heavy atom. The highest BCUT2D eigenvalue weighted by molar-refractivity contribution is 5.86. The average Bonchev–Trinajstić information content (AvgIpc) is 2.59. The maximum atomic E-state index is 12.0. The summed E-state index contributed by atoms with van der Waals surface area (Å²) in [6.07, 6.45) is 0. The molecule has 1 aromatic carbocycles. The summed E-state index contributed by atoms with van der Waals surface area (Å²) in [4.78, 5) is 37.2. The third-order valence-electron chi connectivity index (χ3n) is 3.67. The number of nitrogens with two attached hydrogens (primary N) is 1. The fraction of sp³-hybridized carbons (Fsp3) is 0.429. The minimum atomic E-state index is -0.408. The van der Waals surface area contributed by atoms with Crippen LogP contribution in [0.4, 0.5) is 11.4 Å². The molecule has 1 aliphatic rings. The smallest absolute Gasteiger partial charge is 0.292 e. The second kappa shape index (κ2) is 9.04. The quantitative estimate of drug-likeness (QED) is 0.553. The number of nitrogens with zero attached hydrogens (tertiary/aromatic N) is 3. The van der Waals surface area contributed by atoms with Crippen molar-refractivity contribution < 1.29 is 14.5 Å². The van der Waals surface area contributed by atoms with Gasteiger partial charge in [0, 0.05) is 32.2 Å². The van der Waals surface area contributed by atoms with Gasteiger partial charge in [-0.3, -0.25) is 19.7 Å². The Labute approximate surface area is 145 Å². The number of carbonyl (C=O) groups excluding carboxylic acids is 2. The molecule has 1 heterocycles. The van der Waals surface area contributed by atoms with Gasteiger partial charge in [-0.25, -0.2) is 0 Å². The van der Waals surface area contributed by atoms with Crippen molar-refractivity contribution in [3.8, 4) is 0 Å². The Hall–Kier alpha value is -2.39. The number of para-hydroxylation sites is 2. The molecule has 0 radical (unpaired) electrons. The molecule has 0 bridgehead atoms. The van der Waals surface area contributed by atoms with Gasteiger partial charge in [0.25, 0.3) is 5.69 Å². The lowest BCUT2D eigenvalue weighted by Crippen LogP contribution is -2.51. The van der Waals surface area contributed by atoms with Crippen molar-refractivity contribution in [2.45, 2.75) is 0 Å². The number of amides is 2. The molecule has 9 nitrogen and oxygen atoms in total. The largest absolute Gasteiger partial charge is 0.362 e. The topological polar surface area (TPSA) is 122 Å². The highest BCUT2D eigenvalue weighted by Gasteiger charge is 2.25. The van der Waals surface area contributed by atoms with Gasteiger partial charge in [0.05, 0.1) is 18.0 Å². The monoisotopic (exact) mass is 357 g/mol. The van der Waals surface area contributed by atoms with Gasteiger partial charge in [0.1, 0.15) is 5.69 Å². The van der Waals surface area contributed by atoms with Gasteiger partial charge in [-0.05, 0) is 6.07 Å². The van der Waals surface area contributed by atoms with E-state index in [-0.39, 0.29) is 43.0 Å². The fourth-order valence-electron chi connectivity index (χ4n) is 2.44. The van der Waals surface area contributed by atoms with Gasteiger partial charge >= 0.3 is 0 Å². The zero-order valence-electron chi connectivity index (χ0n) is 13.0. The predicted octanol–water partition coefficient (Wildman–Crippen LogP) is -0.260. The molecule has 1 fully saturated rings. The second-order valence-corrected chi connectivity index (χ2v) is 5.09. The minimum absolute atomic E-state index is 0. The van der Waals surface area contributed by atoms with Crippen LogP contribution in [-0.2, 0) is 9.59 Å². The number of nitrogens with one attached hydrogen (secondary N) is 1. The molecule has 0 atom stereocenters. The van der Waals surface area contributed by atoms with E-state index < -0.39 is 4.92 Å². The van der Waals surface area contributed by atoms with E-state index in [1.165, 1.54) is 6.07 Å². The van der Waals surface area contributed by atoms with E-state index in [9.17, 15) is 19.7 Å². The number of nitro benzene ring substituents is 1. The molecule has 2 amide bonds. The highest BCUT2D eigenvalue weighted by Crippen LogP contribution is 2.28. The van der Waals surface area contributed by atoms with Crippen molar-refractivity contribution in [2.24, 2.45) is 5.73 Å². The Kier molecular flexibility index (Phi) is 7.40. The van der Waals surface area contributed by atoms with E-state index in [4.69, 9.17) is 5.73 Å². The molecule has 2 rings (SSSR count). The van der Waals surface area contributed by atoms with Crippen molar-refractivity contribution in [3.63, 3.8) is 0 Å². The molecular formula is C14H20ClN5O4. The Morgan fingerprint density at radius 2 is 1.83 bits per heavy atom. The molecular weight excluding hydrogens is 338 g/mol. The van der Waals surface area contributed by atoms with Crippen LogP contribution >= 0.6 is 12.4 Å². The summed E-state index contributed by atoms with van der Waals surface area (Å²) in [6, 6.07) is 6.55. The first-order valence-electron chi connectivity index (χ1n) is 7.26. The van der Waals surface area contributed by atoms with Crippen molar-refractivity contribution >= 4 is 35.6 Å². The van der Waals surface area contributed by atoms with Crippen LogP contribution in [-0.4, -0.2) is 60.9 Å². The predicted molar refractivity (Wildman–Crippen MR) is 91.2 cm³/mol. The lowest BCUT2D eigenvalue weighted by atomic mass is 10.2. The number of carbonyl (C=O) groups is 2. The zero-order chi connectivity index (χ0) is 16.8. The van der Waals surface area contributed by atoms with Gasteiger partial charge < -0.3 is 20.9 Å². The number of nitro groups is 1. The molecule has 24 heavy (non-hydrogen) atoms. The highest BCUT2D eigenvalue weighted by atomic mass is 35.5. The summed E-state index contributed by atoms with van der Waals surface area (Å²) in [5.41, 5.74) is 5.77. The summed E-state index contributed by atoms with van der Waals surface area (Å²) in [5.74, 6) is -0.564. The summed E-state index contributed by atoms with van der Waals surface area (Å²) in [6.45, 7) is 1.66. The normalized spacial score (nSPS) is 13.9. The first-order chi connectivity index (χ1) is 11.0. The maximum absolute atomic E-state index is 12.0. The van der Waals surface area contributed by atoms with Crippen LogP contribution in [0.2, 0.25) is 0 Å². The summed E-state index contributed by atoms with van der Waals surface area (Å²) in [5, 5.41) is 13.5. The summed E-state index contributed by atoms with van der Waals surface area (Å²) in [7, 11) is 0. The van der Waals surface area contributed by atoms with Crippen LogP contribution in [0.5, 0.6) is 0 Å². The number of anilines is 1. The molecule has 1 aromatic rings. The number of hydrogen-bond donors (Lipinski definition) is 2. The maximum Gasteiger partial charge on any atom is 0.292 e. The summed E-state index contributed by atoms with van der Waals surface area (Å²) < 4.78 is 0. The van der Waals surface area contributed by atoms with E-state index in [2.05, 4.69) is 5.32 Å². The second-order valence-electron chi connectivity index (χ2n) is 5.09.